The third-order valence-electron chi connectivity index (χ3n) is 5.21. The number of fused-ring (bicyclic) bond motifs is 1. The molecule has 0 unspecified atom stereocenters. The zero-order valence-electron chi connectivity index (χ0n) is 13.2. The normalized spacial score (nSPS) is 26.2. The molecule has 0 aromatic heterocycles. The predicted molar refractivity (Wildman–Crippen MR) is 82.4 cm³/mol. The van der Waals surface area contributed by atoms with Crippen LogP contribution in [0.15, 0.2) is 18.2 Å². The van der Waals surface area contributed by atoms with E-state index in [0.29, 0.717) is 30.2 Å². The van der Waals surface area contributed by atoms with Crippen molar-refractivity contribution >= 4 is 11.8 Å². The van der Waals surface area contributed by atoms with Gasteiger partial charge in [0.2, 0.25) is 12.7 Å². The number of carbonyl (C=O) groups is 2. The third kappa shape index (κ3) is 2.24. The van der Waals surface area contributed by atoms with Crippen LogP contribution >= 0.6 is 0 Å². The van der Waals surface area contributed by atoms with Gasteiger partial charge in [-0.2, -0.15) is 0 Å². The second-order valence-corrected chi connectivity index (χ2v) is 6.66. The van der Waals surface area contributed by atoms with E-state index in [-0.39, 0.29) is 24.0 Å². The highest BCUT2D eigenvalue weighted by atomic mass is 16.7. The molecular formula is C17H20N2O4. The second-order valence-electron chi connectivity index (χ2n) is 6.66. The predicted octanol–water partition coefficient (Wildman–Crippen LogP) is 1.50. The molecule has 1 aromatic rings. The number of piperidine rings is 1. The number of ether oxygens (including phenoxy) is 2. The number of amides is 2. The fourth-order valence-electron chi connectivity index (χ4n) is 3.90. The Bertz CT molecular complexity index is 675. The van der Waals surface area contributed by atoms with Gasteiger partial charge < -0.3 is 19.3 Å². The van der Waals surface area contributed by atoms with Gasteiger partial charge in [-0.15, -0.1) is 0 Å². The van der Waals surface area contributed by atoms with Crippen LogP contribution in [0.1, 0.15) is 29.6 Å². The molecule has 6 heteroatoms. The summed E-state index contributed by atoms with van der Waals surface area (Å²) in [6.45, 7) is 2.16. The molecule has 6 nitrogen and oxygen atoms in total. The molecule has 1 spiro atoms. The highest BCUT2D eigenvalue weighted by Gasteiger charge is 2.48. The molecule has 3 heterocycles. The lowest BCUT2D eigenvalue weighted by molar-refractivity contribution is -0.143. The van der Waals surface area contributed by atoms with Crippen LogP contribution in [0.3, 0.4) is 0 Å². The van der Waals surface area contributed by atoms with Crippen LogP contribution in [-0.4, -0.2) is 55.1 Å². The molecule has 4 rings (SSSR count). The van der Waals surface area contributed by atoms with Crippen LogP contribution < -0.4 is 9.47 Å². The SMILES string of the molecule is CN1CCC[C@]2(CCN(C(=O)c3ccc4c(c3)OCO4)C2)C1=O. The van der Waals surface area contributed by atoms with Crippen molar-refractivity contribution in [3.05, 3.63) is 23.8 Å². The lowest BCUT2D eigenvalue weighted by atomic mass is 9.78. The minimum Gasteiger partial charge on any atom is -0.454 e. The molecule has 0 saturated carbocycles. The Morgan fingerprint density at radius 2 is 2.00 bits per heavy atom. The third-order valence-corrected chi connectivity index (χ3v) is 5.21. The summed E-state index contributed by atoms with van der Waals surface area (Å²) < 4.78 is 10.6. The summed E-state index contributed by atoms with van der Waals surface area (Å²) in [5.41, 5.74) is 0.210. The van der Waals surface area contributed by atoms with Crippen molar-refractivity contribution in [3.8, 4) is 11.5 Å². The van der Waals surface area contributed by atoms with E-state index in [2.05, 4.69) is 0 Å². The fourth-order valence-corrected chi connectivity index (χ4v) is 3.90. The fraction of sp³-hybridized carbons (Fsp3) is 0.529. The molecule has 122 valence electrons. The second kappa shape index (κ2) is 5.15. The van der Waals surface area contributed by atoms with Crippen molar-refractivity contribution in [2.45, 2.75) is 19.3 Å². The van der Waals surface area contributed by atoms with E-state index in [9.17, 15) is 9.59 Å². The van der Waals surface area contributed by atoms with Gasteiger partial charge in [-0.3, -0.25) is 9.59 Å². The summed E-state index contributed by atoms with van der Waals surface area (Å²) >= 11 is 0. The average Bonchev–Trinajstić information content (AvgIpc) is 3.19. The number of likely N-dealkylation sites (tertiary alicyclic amines) is 2. The maximum absolute atomic E-state index is 12.8. The van der Waals surface area contributed by atoms with Gasteiger partial charge in [-0.05, 0) is 37.5 Å². The minimum atomic E-state index is -0.376. The maximum Gasteiger partial charge on any atom is 0.254 e. The van der Waals surface area contributed by atoms with Crippen LogP contribution in [0.4, 0.5) is 0 Å². The first-order valence-electron chi connectivity index (χ1n) is 8.04. The maximum atomic E-state index is 12.8. The quantitative estimate of drug-likeness (QED) is 0.788. The zero-order chi connectivity index (χ0) is 16.0. The van der Waals surface area contributed by atoms with Crippen LogP contribution in [0.25, 0.3) is 0 Å². The molecule has 0 N–H and O–H groups in total. The molecule has 2 saturated heterocycles. The highest BCUT2D eigenvalue weighted by Crippen LogP contribution is 2.40. The van der Waals surface area contributed by atoms with Crippen molar-refractivity contribution in [1.82, 2.24) is 9.80 Å². The van der Waals surface area contributed by atoms with Crippen molar-refractivity contribution in [1.29, 1.82) is 0 Å². The lowest BCUT2D eigenvalue weighted by Gasteiger charge is -2.37. The largest absolute Gasteiger partial charge is 0.454 e. The van der Waals surface area contributed by atoms with Crippen LogP contribution in [-0.2, 0) is 4.79 Å². The molecule has 1 aromatic carbocycles. The number of rotatable bonds is 1. The number of benzene rings is 1. The monoisotopic (exact) mass is 316 g/mol. The summed E-state index contributed by atoms with van der Waals surface area (Å²) in [4.78, 5) is 28.9. The van der Waals surface area contributed by atoms with Crippen molar-refractivity contribution in [3.63, 3.8) is 0 Å². The molecule has 2 amide bonds. The summed E-state index contributed by atoms with van der Waals surface area (Å²) in [6.07, 6.45) is 2.64. The van der Waals surface area contributed by atoms with Crippen LogP contribution in [0.5, 0.6) is 11.5 Å². The van der Waals surface area contributed by atoms with Gasteiger partial charge in [-0.1, -0.05) is 0 Å². The summed E-state index contributed by atoms with van der Waals surface area (Å²) in [5, 5.41) is 0. The van der Waals surface area contributed by atoms with E-state index in [1.807, 2.05) is 7.05 Å². The van der Waals surface area contributed by atoms with Gasteiger partial charge in [0.25, 0.3) is 5.91 Å². The van der Waals surface area contributed by atoms with E-state index in [4.69, 9.17) is 9.47 Å². The zero-order valence-corrected chi connectivity index (χ0v) is 13.2. The molecule has 0 radical (unpaired) electrons. The van der Waals surface area contributed by atoms with E-state index in [1.165, 1.54) is 0 Å². The number of nitrogens with zero attached hydrogens (tertiary/aromatic N) is 2. The first-order chi connectivity index (χ1) is 11.1. The molecule has 0 aliphatic carbocycles. The van der Waals surface area contributed by atoms with Crippen molar-refractivity contribution in [2.75, 3.05) is 33.5 Å². The highest BCUT2D eigenvalue weighted by molar-refractivity contribution is 5.96. The minimum absolute atomic E-state index is 0.0406. The Morgan fingerprint density at radius 3 is 2.87 bits per heavy atom. The lowest BCUT2D eigenvalue weighted by Crippen LogP contribution is -2.48. The molecule has 23 heavy (non-hydrogen) atoms. The number of hydrogen-bond donors (Lipinski definition) is 0. The van der Waals surface area contributed by atoms with Gasteiger partial charge in [0, 0.05) is 32.2 Å². The van der Waals surface area contributed by atoms with E-state index in [0.717, 1.165) is 25.8 Å². The Balaban J connectivity index is 1.53. The van der Waals surface area contributed by atoms with Gasteiger partial charge in [-0.25, -0.2) is 0 Å². The molecular weight excluding hydrogens is 296 g/mol. The number of carbonyl (C=O) groups excluding carboxylic acids is 2. The Hall–Kier alpha value is -2.24. The van der Waals surface area contributed by atoms with Crippen LogP contribution in [0, 0.1) is 5.41 Å². The molecule has 1 atom stereocenters. The van der Waals surface area contributed by atoms with E-state index in [1.54, 1.807) is 28.0 Å². The average molecular weight is 316 g/mol. The van der Waals surface area contributed by atoms with E-state index < -0.39 is 0 Å². The van der Waals surface area contributed by atoms with Gasteiger partial charge in [0.1, 0.15) is 0 Å². The van der Waals surface area contributed by atoms with Crippen LogP contribution in [0.2, 0.25) is 0 Å². The Labute approximate surface area is 134 Å². The molecule has 2 fully saturated rings. The molecule has 3 aliphatic rings. The first-order valence-corrected chi connectivity index (χ1v) is 8.04. The summed E-state index contributed by atoms with van der Waals surface area (Å²) in [5.74, 6) is 1.42. The smallest absolute Gasteiger partial charge is 0.254 e. The van der Waals surface area contributed by atoms with Crippen molar-refractivity contribution < 1.29 is 19.1 Å². The van der Waals surface area contributed by atoms with Gasteiger partial charge in [0.05, 0.1) is 5.41 Å². The standard InChI is InChI=1S/C17H20N2O4/c1-18-7-2-5-17(16(18)21)6-8-19(10-17)15(20)12-3-4-13-14(9-12)23-11-22-13/h3-4,9H,2,5-8,10-11H2,1H3/t17-/m1/s1. The summed E-state index contributed by atoms with van der Waals surface area (Å²) in [7, 11) is 1.85. The van der Waals surface area contributed by atoms with E-state index >= 15 is 0 Å². The Morgan fingerprint density at radius 1 is 1.17 bits per heavy atom. The van der Waals surface area contributed by atoms with Gasteiger partial charge >= 0.3 is 0 Å². The summed E-state index contributed by atoms with van der Waals surface area (Å²) in [6, 6.07) is 5.25. The first kappa shape index (κ1) is 14.4. The van der Waals surface area contributed by atoms with Gasteiger partial charge in [0.15, 0.2) is 11.5 Å². The Kier molecular flexibility index (Phi) is 3.21. The molecule has 0 bridgehead atoms. The number of hydrogen-bond acceptors (Lipinski definition) is 4. The topological polar surface area (TPSA) is 59.1 Å². The van der Waals surface area contributed by atoms with Crippen molar-refractivity contribution in [2.24, 2.45) is 5.41 Å². The molecule has 3 aliphatic heterocycles.